The van der Waals surface area contributed by atoms with Gasteiger partial charge in [0.25, 0.3) is 0 Å². The Balaban J connectivity index is 2.20. The van der Waals surface area contributed by atoms with Crippen LogP contribution in [0.25, 0.3) is 0 Å². The standard InChI is InChI=1S/C11H11N3O4/c1-3-17-11(16)8-4-5-14(12-8)10(15)9-6-7(2)13-18-9/h4-6H,3H2,1-2H3. The van der Waals surface area contributed by atoms with Crippen molar-refractivity contribution in [1.29, 1.82) is 0 Å². The van der Waals surface area contributed by atoms with Crippen LogP contribution in [0.2, 0.25) is 0 Å². The summed E-state index contributed by atoms with van der Waals surface area (Å²) in [6.45, 7) is 3.64. The van der Waals surface area contributed by atoms with E-state index in [4.69, 9.17) is 9.26 Å². The molecule has 2 aromatic heterocycles. The molecular formula is C11H11N3O4. The second kappa shape index (κ2) is 4.82. The Hall–Kier alpha value is -2.44. The fraction of sp³-hybridized carbons (Fsp3) is 0.273. The van der Waals surface area contributed by atoms with Gasteiger partial charge in [-0.3, -0.25) is 4.79 Å². The predicted octanol–water partition coefficient (Wildman–Crippen LogP) is 1.04. The highest BCUT2D eigenvalue weighted by Crippen LogP contribution is 2.06. The highest BCUT2D eigenvalue weighted by molar-refractivity contribution is 5.94. The minimum absolute atomic E-state index is 0.0611. The highest BCUT2D eigenvalue weighted by atomic mass is 16.5. The third kappa shape index (κ3) is 2.29. The Morgan fingerprint density at radius 3 is 2.89 bits per heavy atom. The van der Waals surface area contributed by atoms with Gasteiger partial charge >= 0.3 is 11.9 Å². The van der Waals surface area contributed by atoms with Crippen LogP contribution in [-0.4, -0.2) is 33.4 Å². The average Bonchev–Trinajstić information content (AvgIpc) is 2.97. The molecule has 0 amide bonds. The lowest BCUT2D eigenvalue weighted by molar-refractivity contribution is 0.0518. The van der Waals surface area contributed by atoms with E-state index in [-0.39, 0.29) is 18.1 Å². The van der Waals surface area contributed by atoms with Crippen molar-refractivity contribution in [1.82, 2.24) is 14.9 Å². The lowest BCUT2D eigenvalue weighted by atomic mass is 10.4. The molecule has 0 aromatic carbocycles. The number of carbonyl (C=O) groups excluding carboxylic acids is 2. The van der Waals surface area contributed by atoms with Gasteiger partial charge in [0.1, 0.15) is 0 Å². The number of aromatic nitrogens is 3. The zero-order valence-corrected chi connectivity index (χ0v) is 9.91. The zero-order valence-electron chi connectivity index (χ0n) is 9.91. The molecule has 0 spiro atoms. The molecule has 0 radical (unpaired) electrons. The van der Waals surface area contributed by atoms with Crippen molar-refractivity contribution in [3.63, 3.8) is 0 Å². The fourth-order valence-corrected chi connectivity index (χ4v) is 1.33. The van der Waals surface area contributed by atoms with Gasteiger partial charge in [0.05, 0.1) is 12.3 Å². The monoisotopic (exact) mass is 249 g/mol. The van der Waals surface area contributed by atoms with Crippen LogP contribution < -0.4 is 0 Å². The minimum atomic E-state index is -0.571. The third-order valence-electron chi connectivity index (χ3n) is 2.12. The maximum atomic E-state index is 11.9. The number of ether oxygens (including phenoxy) is 1. The second-order valence-electron chi connectivity index (χ2n) is 3.50. The van der Waals surface area contributed by atoms with Crippen LogP contribution in [0.4, 0.5) is 0 Å². The number of nitrogens with zero attached hydrogens (tertiary/aromatic N) is 3. The molecule has 7 nitrogen and oxygen atoms in total. The zero-order chi connectivity index (χ0) is 13.1. The molecule has 7 heteroatoms. The summed E-state index contributed by atoms with van der Waals surface area (Å²) >= 11 is 0. The second-order valence-corrected chi connectivity index (χ2v) is 3.50. The van der Waals surface area contributed by atoms with E-state index in [9.17, 15) is 9.59 Å². The molecule has 0 unspecified atom stereocenters. The molecule has 0 aliphatic carbocycles. The first-order valence-electron chi connectivity index (χ1n) is 5.32. The molecule has 94 valence electrons. The first-order valence-corrected chi connectivity index (χ1v) is 5.32. The van der Waals surface area contributed by atoms with Crippen LogP contribution in [0.5, 0.6) is 0 Å². The van der Waals surface area contributed by atoms with Crippen molar-refractivity contribution in [2.24, 2.45) is 0 Å². The maximum absolute atomic E-state index is 11.9. The SMILES string of the molecule is CCOC(=O)c1ccn(C(=O)c2cc(C)no2)n1. The van der Waals surface area contributed by atoms with Gasteiger partial charge in [0.15, 0.2) is 5.69 Å². The number of carbonyl (C=O) groups is 2. The molecule has 0 fully saturated rings. The fourth-order valence-electron chi connectivity index (χ4n) is 1.33. The summed E-state index contributed by atoms with van der Waals surface area (Å²) in [5.74, 6) is -1.00. The van der Waals surface area contributed by atoms with Crippen LogP contribution in [0.15, 0.2) is 22.9 Å². The van der Waals surface area contributed by atoms with E-state index in [1.165, 1.54) is 18.3 Å². The average molecular weight is 249 g/mol. The highest BCUT2D eigenvalue weighted by Gasteiger charge is 2.17. The smallest absolute Gasteiger partial charge is 0.358 e. The van der Waals surface area contributed by atoms with E-state index in [1.54, 1.807) is 13.8 Å². The number of rotatable bonds is 3. The quantitative estimate of drug-likeness (QED) is 0.755. The molecule has 0 saturated heterocycles. The summed E-state index contributed by atoms with van der Waals surface area (Å²) in [5, 5.41) is 7.43. The Kier molecular flexibility index (Phi) is 3.22. The summed E-state index contributed by atoms with van der Waals surface area (Å²) < 4.78 is 10.6. The lowest BCUT2D eigenvalue weighted by Crippen LogP contribution is -2.13. The van der Waals surface area contributed by atoms with Gasteiger partial charge in [-0.25, -0.2) is 9.48 Å². The van der Waals surface area contributed by atoms with Crippen molar-refractivity contribution >= 4 is 11.9 Å². The Labute approximate surface area is 102 Å². The van der Waals surface area contributed by atoms with Crippen LogP contribution in [0.1, 0.15) is 33.7 Å². The molecular weight excluding hydrogens is 238 g/mol. The van der Waals surface area contributed by atoms with Crippen molar-refractivity contribution in [2.75, 3.05) is 6.61 Å². The summed E-state index contributed by atoms with van der Waals surface area (Å²) in [4.78, 5) is 23.2. The van der Waals surface area contributed by atoms with Crippen LogP contribution in [-0.2, 0) is 4.74 Å². The number of aryl methyl sites for hydroxylation is 1. The van der Waals surface area contributed by atoms with Crippen molar-refractivity contribution < 1.29 is 18.8 Å². The molecule has 2 heterocycles. The summed E-state index contributed by atoms with van der Waals surface area (Å²) in [5.41, 5.74) is 0.664. The predicted molar refractivity (Wildman–Crippen MR) is 59.2 cm³/mol. The van der Waals surface area contributed by atoms with E-state index >= 15 is 0 Å². The van der Waals surface area contributed by atoms with Crippen molar-refractivity contribution in [3.05, 3.63) is 35.5 Å². The Bertz CT molecular complexity index is 585. The van der Waals surface area contributed by atoms with Crippen LogP contribution in [0.3, 0.4) is 0 Å². The van der Waals surface area contributed by atoms with Crippen LogP contribution in [0, 0.1) is 6.92 Å². The number of hydrogen-bond donors (Lipinski definition) is 0. The van der Waals surface area contributed by atoms with E-state index < -0.39 is 11.9 Å². The first-order chi connectivity index (χ1) is 8.61. The maximum Gasteiger partial charge on any atom is 0.358 e. The van der Waals surface area contributed by atoms with E-state index in [0.29, 0.717) is 5.69 Å². The van der Waals surface area contributed by atoms with Gasteiger partial charge in [-0.2, -0.15) is 5.10 Å². The molecule has 0 aliphatic rings. The Morgan fingerprint density at radius 1 is 1.50 bits per heavy atom. The molecule has 0 N–H and O–H groups in total. The minimum Gasteiger partial charge on any atom is -0.461 e. The first kappa shape index (κ1) is 12.0. The summed E-state index contributed by atoms with van der Waals surface area (Å²) in [6.07, 6.45) is 1.37. The lowest BCUT2D eigenvalue weighted by Gasteiger charge is -1.97. The summed E-state index contributed by atoms with van der Waals surface area (Å²) in [6, 6.07) is 2.90. The van der Waals surface area contributed by atoms with Gasteiger partial charge in [0.2, 0.25) is 5.76 Å². The molecule has 18 heavy (non-hydrogen) atoms. The van der Waals surface area contributed by atoms with Crippen molar-refractivity contribution in [3.8, 4) is 0 Å². The molecule has 0 aliphatic heterocycles. The molecule has 0 bridgehead atoms. The third-order valence-corrected chi connectivity index (χ3v) is 2.12. The Morgan fingerprint density at radius 2 is 2.28 bits per heavy atom. The van der Waals surface area contributed by atoms with Crippen molar-refractivity contribution in [2.45, 2.75) is 13.8 Å². The molecule has 2 aromatic rings. The van der Waals surface area contributed by atoms with Crippen LogP contribution >= 0.6 is 0 Å². The van der Waals surface area contributed by atoms with Gasteiger partial charge in [-0.1, -0.05) is 5.16 Å². The number of hydrogen-bond acceptors (Lipinski definition) is 6. The largest absolute Gasteiger partial charge is 0.461 e. The molecule has 0 atom stereocenters. The van der Waals surface area contributed by atoms with Gasteiger partial charge in [-0.05, 0) is 19.9 Å². The van der Waals surface area contributed by atoms with Gasteiger partial charge < -0.3 is 9.26 Å². The molecule has 0 saturated carbocycles. The van der Waals surface area contributed by atoms with E-state index in [2.05, 4.69) is 10.3 Å². The van der Waals surface area contributed by atoms with E-state index in [1.807, 2.05) is 0 Å². The number of esters is 1. The van der Waals surface area contributed by atoms with Gasteiger partial charge in [-0.15, -0.1) is 0 Å². The topological polar surface area (TPSA) is 87.2 Å². The van der Waals surface area contributed by atoms with Gasteiger partial charge in [0, 0.05) is 12.3 Å². The molecule has 2 rings (SSSR count). The van der Waals surface area contributed by atoms with E-state index in [0.717, 1.165) is 4.68 Å². The normalized spacial score (nSPS) is 10.3. The summed E-state index contributed by atoms with van der Waals surface area (Å²) in [7, 11) is 0.